The number of tetrazole rings is 1. The van der Waals surface area contributed by atoms with Crippen molar-refractivity contribution in [2.75, 3.05) is 0 Å². The van der Waals surface area contributed by atoms with Crippen LogP contribution in [-0.4, -0.2) is 36.3 Å². The van der Waals surface area contributed by atoms with E-state index in [4.69, 9.17) is 16.7 Å². The molecule has 0 radical (unpaired) electrons. The van der Waals surface area contributed by atoms with Crippen molar-refractivity contribution in [1.29, 1.82) is 0 Å². The Morgan fingerprint density at radius 2 is 2.31 bits per heavy atom. The zero-order chi connectivity index (χ0) is 11.5. The normalized spacial score (nSPS) is 10.3. The molecule has 82 valence electrons. The minimum absolute atomic E-state index is 0.291. The summed E-state index contributed by atoms with van der Waals surface area (Å²) in [7, 11) is 0. The van der Waals surface area contributed by atoms with Crippen LogP contribution >= 0.6 is 11.6 Å². The topological polar surface area (TPSA) is 93.8 Å². The molecule has 7 nitrogen and oxygen atoms in total. The van der Waals surface area contributed by atoms with E-state index in [1.165, 1.54) is 6.20 Å². The van der Waals surface area contributed by atoms with Crippen molar-refractivity contribution in [2.45, 2.75) is 6.54 Å². The first-order chi connectivity index (χ1) is 7.66. The molecule has 0 aliphatic heterocycles. The molecule has 1 N–H and O–H groups in total. The SMILES string of the molecule is O=C(O)Cn1nnnc1-c1ccc(Cl)cn1. The number of hydrogen-bond acceptors (Lipinski definition) is 5. The highest BCUT2D eigenvalue weighted by Gasteiger charge is 2.12. The molecule has 2 aromatic heterocycles. The summed E-state index contributed by atoms with van der Waals surface area (Å²) in [6, 6.07) is 3.25. The zero-order valence-corrected chi connectivity index (χ0v) is 8.66. The Kier molecular flexibility index (Phi) is 2.78. The molecule has 2 heterocycles. The fourth-order valence-electron chi connectivity index (χ4n) is 1.13. The highest BCUT2D eigenvalue weighted by atomic mass is 35.5. The second-order valence-corrected chi connectivity index (χ2v) is 3.35. The molecule has 2 aromatic rings. The maximum absolute atomic E-state index is 10.5. The van der Waals surface area contributed by atoms with Gasteiger partial charge in [0.25, 0.3) is 0 Å². The predicted molar refractivity (Wildman–Crippen MR) is 53.7 cm³/mol. The Labute approximate surface area is 94.7 Å². The van der Waals surface area contributed by atoms with E-state index in [9.17, 15) is 4.79 Å². The van der Waals surface area contributed by atoms with Crippen LogP contribution in [0.2, 0.25) is 5.02 Å². The first-order valence-corrected chi connectivity index (χ1v) is 4.64. The average molecular weight is 240 g/mol. The van der Waals surface area contributed by atoms with Gasteiger partial charge >= 0.3 is 5.97 Å². The minimum atomic E-state index is -1.03. The molecule has 0 atom stereocenters. The summed E-state index contributed by atoms with van der Waals surface area (Å²) in [4.78, 5) is 14.5. The van der Waals surface area contributed by atoms with Crippen molar-refractivity contribution in [3.05, 3.63) is 23.4 Å². The van der Waals surface area contributed by atoms with E-state index in [2.05, 4.69) is 20.5 Å². The summed E-state index contributed by atoms with van der Waals surface area (Å²) in [5.74, 6) is -0.735. The quantitative estimate of drug-likeness (QED) is 0.837. The Balaban J connectivity index is 2.36. The summed E-state index contributed by atoms with van der Waals surface area (Å²) in [5.41, 5.74) is 0.468. The lowest BCUT2D eigenvalue weighted by molar-refractivity contribution is -0.137. The van der Waals surface area contributed by atoms with Crippen LogP contribution in [0.25, 0.3) is 11.5 Å². The Hall–Kier alpha value is -2.02. The first kappa shape index (κ1) is 10.5. The number of rotatable bonds is 3. The van der Waals surface area contributed by atoms with Gasteiger partial charge in [-0.25, -0.2) is 4.68 Å². The molecule has 0 fully saturated rings. The molecule has 8 heteroatoms. The van der Waals surface area contributed by atoms with Gasteiger partial charge in [-0.3, -0.25) is 9.78 Å². The average Bonchev–Trinajstić information content (AvgIpc) is 2.66. The summed E-state index contributed by atoms with van der Waals surface area (Å²) in [5, 5.41) is 19.8. The molecule has 2 rings (SSSR count). The van der Waals surface area contributed by atoms with Crippen LogP contribution in [0.15, 0.2) is 18.3 Å². The van der Waals surface area contributed by atoms with Crippen LogP contribution in [0, 0.1) is 0 Å². The van der Waals surface area contributed by atoms with Crippen molar-refractivity contribution in [1.82, 2.24) is 25.2 Å². The van der Waals surface area contributed by atoms with Gasteiger partial charge in [0.1, 0.15) is 12.2 Å². The van der Waals surface area contributed by atoms with Crippen LogP contribution in [0.5, 0.6) is 0 Å². The van der Waals surface area contributed by atoms with Gasteiger partial charge < -0.3 is 5.11 Å². The fraction of sp³-hybridized carbons (Fsp3) is 0.125. The maximum Gasteiger partial charge on any atom is 0.325 e. The standard InChI is InChI=1S/C8H6ClN5O2/c9-5-1-2-6(10-3-5)8-11-12-13-14(8)4-7(15)16/h1-3H,4H2,(H,15,16). The van der Waals surface area contributed by atoms with E-state index in [0.29, 0.717) is 16.5 Å². The molecule has 0 aromatic carbocycles. The highest BCUT2D eigenvalue weighted by Crippen LogP contribution is 2.14. The summed E-state index contributed by atoms with van der Waals surface area (Å²) in [6.07, 6.45) is 1.44. The molecule has 16 heavy (non-hydrogen) atoms. The number of carbonyl (C=O) groups is 1. The lowest BCUT2D eigenvalue weighted by Crippen LogP contribution is -2.12. The second-order valence-electron chi connectivity index (χ2n) is 2.92. The van der Waals surface area contributed by atoms with E-state index in [0.717, 1.165) is 4.68 Å². The van der Waals surface area contributed by atoms with E-state index in [1.54, 1.807) is 12.1 Å². The number of nitrogens with zero attached hydrogens (tertiary/aromatic N) is 5. The van der Waals surface area contributed by atoms with Crippen molar-refractivity contribution in [3.8, 4) is 11.5 Å². The lowest BCUT2D eigenvalue weighted by Gasteiger charge is -2.00. The Morgan fingerprint density at radius 3 is 2.94 bits per heavy atom. The molecule has 0 spiro atoms. The van der Waals surface area contributed by atoms with Gasteiger partial charge in [0, 0.05) is 6.20 Å². The van der Waals surface area contributed by atoms with Crippen molar-refractivity contribution < 1.29 is 9.90 Å². The van der Waals surface area contributed by atoms with Crippen LogP contribution in [0.4, 0.5) is 0 Å². The second kappa shape index (κ2) is 4.23. The van der Waals surface area contributed by atoms with Crippen LogP contribution in [0.1, 0.15) is 0 Å². The number of aliphatic carboxylic acids is 1. The molecule has 0 saturated carbocycles. The Bertz CT molecular complexity index is 509. The number of pyridine rings is 1. The van der Waals surface area contributed by atoms with E-state index in [-0.39, 0.29) is 6.54 Å². The monoisotopic (exact) mass is 239 g/mol. The molecule has 0 aliphatic carbocycles. The largest absolute Gasteiger partial charge is 0.480 e. The number of hydrogen-bond donors (Lipinski definition) is 1. The van der Waals surface area contributed by atoms with Crippen molar-refractivity contribution >= 4 is 17.6 Å². The summed E-state index contributed by atoms with van der Waals surface area (Å²) >= 11 is 5.68. The highest BCUT2D eigenvalue weighted by molar-refractivity contribution is 6.30. The third-order valence-electron chi connectivity index (χ3n) is 1.77. The third kappa shape index (κ3) is 2.14. The minimum Gasteiger partial charge on any atom is -0.480 e. The van der Waals surface area contributed by atoms with Gasteiger partial charge in [0.2, 0.25) is 5.82 Å². The smallest absolute Gasteiger partial charge is 0.325 e. The summed E-state index contributed by atoms with van der Waals surface area (Å²) in [6.45, 7) is -0.313. The molecular formula is C8H6ClN5O2. The fourth-order valence-corrected chi connectivity index (χ4v) is 1.24. The van der Waals surface area contributed by atoms with Crippen molar-refractivity contribution in [2.24, 2.45) is 0 Å². The van der Waals surface area contributed by atoms with Gasteiger partial charge in [-0.1, -0.05) is 11.6 Å². The van der Waals surface area contributed by atoms with Gasteiger partial charge in [0.15, 0.2) is 0 Å². The predicted octanol–water partition coefficient (Wildman–Crippen LogP) is 0.473. The number of carboxylic acid groups (broad SMARTS) is 1. The van der Waals surface area contributed by atoms with Crippen LogP contribution in [0.3, 0.4) is 0 Å². The van der Waals surface area contributed by atoms with E-state index >= 15 is 0 Å². The molecule has 0 saturated heterocycles. The first-order valence-electron chi connectivity index (χ1n) is 4.26. The number of aromatic nitrogens is 5. The third-order valence-corrected chi connectivity index (χ3v) is 2.00. The molecule has 0 aliphatic rings. The summed E-state index contributed by atoms with van der Waals surface area (Å²) < 4.78 is 1.15. The number of halogens is 1. The zero-order valence-electron chi connectivity index (χ0n) is 7.91. The number of carboxylic acids is 1. The van der Waals surface area contributed by atoms with Crippen LogP contribution < -0.4 is 0 Å². The molecular weight excluding hydrogens is 234 g/mol. The molecule has 0 unspecified atom stereocenters. The van der Waals surface area contributed by atoms with Gasteiger partial charge in [-0.05, 0) is 22.6 Å². The van der Waals surface area contributed by atoms with E-state index < -0.39 is 5.97 Å². The maximum atomic E-state index is 10.5. The van der Waals surface area contributed by atoms with Crippen LogP contribution in [-0.2, 0) is 11.3 Å². The van der Waals surface area contributed by atoms with Gasteiger partial charge in [0.05, 0.1) is 5.02 Å². The molecule has 0 bridgehead atoms. The Morgan fingerprint density at radius 1 is 1.50 bits per heavy atom. The van der Waals surface area contributed by atoms with E-state index in [1.807, 2.05) is 0 Å². The van der Waals surface area contributed by atoms with Crippen molar-refractivity contribution in [3.63, 3.8) is 0 Å². The lowest BCUT2D eigenvalue weighted by atomic mass is 10.3. The molecule has 0 amide bonds. The van der Waals surface area contributed by atoms with Gasteiger partial charge in [-0.15, -0.1) is 5.10 Å². The van der Waals surface area contributed by atoms with Gasteiger partial charge in [-0.2, -0.15) is 0 Å².